The zero-order valence-electron chi connectivity index (χ0n) is 26.3. The minimum Gasteiger partial charge on any atom is -0.399 e. The number of nitrogens with two attached hydrogens (primary N) is 1. The topological polar surface area (TPSA) is 128 Å². The minimum absolute atomic E-state index is 0.714. The molecule has 8 aromatic rings. The van der Waals surface area contributed by atoms with Gasteiger partial charge in [-0.1, -0.05) is 12.1 Å². The monoisotopic (exact) mass is 634 g/mol. The summed E-state index contributed by atoms with van der Waals surface area (Å²) >= 11 is 0. The molecule has 0 amide bonds. The number of aromatic nitrogens is 7. The Kier molecular flexibility index (Phi) is 6.76. The number of fused-ring (bicyclic) bond motifs is 8. The van der Waals surface area contributed by atoms with Gasteiger partial charge in [0.25, 0.3) is 0 Å². The quantitative estimate of drug-likeness (QED) is 0.187. The van der Waals surface area contributed by atoms with Crippen LogP contribution in [0.5, 0.6) is 0 Å². The van der Waals surface area contributed by atoms with Gasteiger partial charge in [0.15, 0.2) is 0 Å². The lowest BCUT2D eigenvalue weighted by molar-refractivity contribution is 1.18. The highest BCUT2D eigenvalue weighted by Crippen LogP contribution is 2.27. The van der Waals surface area contributed by atoms with Gasteiger partial charge in [0.1, 0.15) is 0 Å². The molecule has 0 radical (unpaired) electrons. The highest BCUT2D eigenvalue weighted by Gasteiger charge is 2.18. The lowest BCUT2D eigenvalue weighted by Crippen LogP contribution is -2.19. The lowest BCUT2D eigenvalue weighted by atomic mass is 10.0. The van der Waals surface area contributed by atoms with Crippen molar-refractivity contribution in [3.05, 3.63) is 213 Å². The Morgan fingerprint density at radius 3 is 0.898 bits per heavy atom. The third-order valence-corrected chi connectivity index (χ3v) is 9.01. The highest BCUT2D eigenvalue weighted by atomic mass is 14.8. The molecule has 0 unspecified atom stereocenters. The van der Waals surface area contributed by atoms with Crippen LogP contribution >= 0.6 is 0 Å². The molecule has 0 spiro atoms. The van der Waals surface area contributed by atoms with Crippen molar-refractivity contribution in [3.8, 4) is 0 Å². The van der Waals surface area contributed by atoms with E-state index in [0.29, 0.717) is 5.69 Å². The molecule has 0 aliphatic carbocycles. The number of pyridine rings is 3. The van der Waals surface area contributed by atoms with E-state index < -0.39 is 0 Å². The first-order chi connectivity index (χ1) is 24.2. The van der Waals surface area contributed by atoms with Gasteiger partial charge in [-0.05, 0) is 119 Å². The van der Waals surface area contributed by atoms with E-state index in [4.69, 9.17) is 5.73 Å². The lowest BCUT2D eigenvalue weighted by Gasteiger charge is -2.09. The average molecular weight is 635 g/mol. The summed E-state index contributed by atoms with van der Waals surface area (Å²) in [7, 11) is 0. The van der Waals surface area contributed by atoms with E-state index in [2.05, 4.69) is 95.6 Å². The van der Waals surface area contributed by atoms with Gasteiger partial charge >= 0.3 is 0 Å². The molecule has 0 saturated heterocycles. The maximum atomic E-state index is 6.14. The van der Waals surface area contributed by atoms with Gasteiger partial charge in [0.2, 0.25) is 0 Å². The maximum absolute atomic E-state index is 6.14. The van der Waals surface area contributed by atoms with Crippen LogP contribution in [0.25, 0.3) is 22.3 Å². The van der Waals surface area contributed by atoms with E-state index in [9.17, 15) is 0 Å². The molecule has 9 rings (SSSR count). The van der Waals surface area contributed by atoms with Crippen molar-refractivity contribution < 1.29 is 0 Å². The highest BCUT2D eigenvalue weighted by molar-refractivity contribution is 5.84. The summed E-state index contributed by atoms with van der Waals surface area (Å²) in [6.07, 6.45) is 11.0. The number of rotatable bonds is 4. The fourth-order valence-electron chi connectivity index (χ4n) is 6.78. The smallest absolute Gasteiger partial charge is 0.0485 e. The van der Waals surface area contributed by atoms with Crippen molar-refractivity contribution in [2.45, 2.75) is 0 Å². The Labute approximate surface area is 280 Å². The Balaban J connectivity index is 1.44. The SMILES string of the molecule is Nc1ccc(C2=c3ccc([nH]3)=C(c3ccncc3)c3ccc([nH]3)C(c3ccncc3)=c3ccc([nH]3)=C(c3ccncc3)c3ccc2[nH]3)cc1. The molecule has 234 valence electrons. The number of benzene rings is 1. The first-order valence-corrected chi connectivity index (χ1v) is 16.0. The predicted molar refractivity (Wildman–Crippen MR) is 192 cm³/mol. The molecule has 6 N–H and O–H groups in total. The first kappa shape index (κ1) is 28.3. The number of nitrogens with one attached hydrogen (secondary N) is 4. The molecule has 1 aliphatic heterocycles. The van der Waals surface area contributed by atoms with E-state index in [0.717, 1.165) is 88.7 Å². The van der Waals surface area contributed by atoms with Gasteiger partial charge in [-0.15, -0.1) is 0 Å². The number of aromatic amines is 4. The second-order valence-electron chi connectivity index (χ2n) is 12.0. The second kappa shape index (κ2) is 11.7. The third kappa shape index (κ3) is 5.08. The fraction of sp³-hybridized carbons (Fsp3) is 0. The zero-order chi connectivity index (χ0) is 32.7. The van der Waals surface area contributed by atoms with Crippen LogP contribution < -0.4 is 27.1 Å². The molecular formula is C41H30N8. The van der Waals surface area contributed by atoms with Crippen molar-refractivity contribution in [1.29, 1.82) is 0 Å². The summed E-state index contributed by atoms with van der Waals surface area (Å²) in [5, 5.41) is 3.88. The molecule has 8 bridgehead atoms. The van der Waals surface area contributed by atoms with Gasteiger partial charge in [-0.2, -0.15) is 0 Å². The Bertz CT molecular complexity index is 2690. The third-order valence-electron chi connectivity index (χ3n) is 9.01. The number of hydrogen-bond donors (Lipinski definition) is 5. The van der Waals surface area contributed by atoms with Gasteiger partial charge < -0.3 is 25.7 Å². The van der Waals surface area contributed by atoms with Crippen molar-refractivity contribution in [2.75, 3.05) is 5.73 Å². The summed E-state index contributed by atoms with van der Waals surface area (Å²) in [6, 6.07) is 37.4. The Hall–Kier alpha value is -6.93. The van der Waals surface area contributed by atoms with Crippen LogP contribution in [0.1, 0.15) is 45.0 Å². The Morgan fingerprint density at radius 1 is 0.306 bits per heavy atom. The van der Waals surface area contributed by atoms with Crippen molar-refractivity contribution >= 4 is 28.0 Å². The van der Waals surface area contributed by atoms with Gasteiger partial charge in [0.05, 0.1) is 0 Å². The number of nitrogen functional groups attached to an aromatic ring is 1. The molecule has 0 fully saturated rings. The fourth-order valence-corrected chi connectivity index (χ4v) is 6.78. The molecule has 8 heterocycles. The van der Waals surface area contributed by atoms with Crippen molar-refractivity contribution in [2.24, 2.45) is 0 Å². The summed E-state index contributed by atoms with van der Waals surface area (Å²) in [6.45, 7) is 0. The summed E-state index contributed by atoms with van der Waals surface area (Å²) in [4.78, 5) is 28.1. The molecular weight excluding hydrogens is 605 g/mol. The van der Waals surface area contributed by atoms with Crippen LogP contribution in [-0.2, 0) is 0 Å². The molecule has 0 atom stereocenters. The van der Waals surface area contributed by atoms with E-state index in [-0.39, 0.29) is 0 Å². The van der Waals surface area contributed by atoms with Crippen LogP contribution in [0.2, 0.25) is 0 Å². The molecule has 49 heavy (non-hydrogen) atoms. The van der Waals surface area contributed by atoms with E-state index >= 15 is 0 Å². The van der Waals surface area contributed by atoms with Crippen LogP contribution in [0, 0.1) is 0 Å². The van der Waals surface area contributed by atoms with E-state index in [1.165, 1.54) is 0 Å². The van der Waals surface area contributed by atoms with Crippen LogP contribution in [0.4, 0.5) is 5.69 Å². The van der Waals surface area contributed by atoms with Crippen LogP contribution in [0.15, 0.2) is 146 Å². The summed E-state index contributed by atoms with van der Waals surface area (Å²) < 4.78 is 0. The molecule has 7 aromatic heterocycles. The first-order valence-electron chi connectivity index (χ1n) is 16.0. The van der Waals surface area contributed by atoms with E-state index in [1.807, 2.05) is 85.7 Å². The molecule has 1 aliphatic rings. The van der Waals surface area contributed by atoms with Gasteiger partial charge in [-0.25, -0.2) is 0 Å². The van der Waals surface area contributed by atoms with Crippen molar-refractivity contribution in [3.63, 3.8) is 0 Å². The normalized spacial score (nSPS) is 12.8. The second-order valence-corrected chi connectivity index (χ2v) is 12.0. The number of anilines is 1. The van der Waals surface area contributed by atoms with E-state index in [1.54, 1.807) is 0 Å². The maximum Gasteiger partial charge on any atom is 0.0485 e. The molecule has 1 aromatic carbocycles. The molecule has 8 heteroatoms. The molecule has 0 saturated carbocycles. The predicted octanol–water partition coefficient (Wildman–Crippen LogP) is 4.07. The average Bonchev–Trinajstić information content (AvgIpc) is 3.98. The minimum atomic E-state index is 0.714. The Morgan fingerprint density at radius 2 is 0.592 bits per heavy atom. The summed E-state index contributed by atoms with van der Waals surface area (Å²) in [5.74, 6) is 0. The number of nitrogens with zero attached hydrogens (tertiary/aromatic N) is 3. The standard InChI is InChI=1S/C41H30N8/c42-29-3-1-25(2-4-29)38-30-5-7-32(46-30)39(26-13-19-43-20-14-26)34-9-11-36(48-34)41(28-17-23-45-24-18-28)37-12-10-35(49-37)40(27-15-21-44-22-16-27)33-8-6-31(38)47-33/h1-24,46-49H,42H2. The van der Waals surface area contributed by atoms with Crippen LogP contribution in [-0.4, -0.2) is 34.9 Å². The largest absolute Gasteiger partial charge is 0.399 e. The number of hydrogen-bond acceptors (Lipinski definition) is 4. The van der Waals surface area contributed by atoms with Crippen LogP contribution in [0.3, 0.4) is 0 Å². The number of H-pyrrole nitrogens is 4. The zero-order valence-corrected chi connectivity index (χ0v) is 26.3. The van der Waals surface area contributed by atoms with Gasteiger partial charge in [-0.3, -0.25) is 15.0 Å². The summed E-state index contributed by atoms with van der Waals surface area (Å²) in [5.41, 5.74) is 19.0. The van der Waals surface area contributed by atoms with Crippen molar-refractivity contribution in [1.82, 2.24) is 34.9 Å². The van der Waals surface area contributed by atoms with Gasteiger partial charge in [0, 0.05) is 109 Å². The molecule has 8 nitrogen and oxygen atoms in total.